The molecule has 0 radical (unpaired) electrons. The first kappa shape index (κ1) is 12.3. The van der Waals surface area contributed by atoms with E-state index in [1.165, 1.54) is 24.3 Å². The highest BCUT2D eigenvalue weighted by Crippen LogP contribution is 2.18. The molecule has 0 saturated carbocycles. The average Bonchev–Trinajstić information content (AvgIpc) is 2.40. The Morgan fingerprint density at radius 2 is 2.28 bits per heavy atom. The Labute approximate surface area is 104 Å². The Kier molecular flexibility index (Phi) is 3.72. The number of nitro benzene ring substituents is 1. The number of nitrogens with zero attached hydrogens (tertiary/aromatic N) is 1. The Morgan fingerprint density at radius 3 is 2.94 bits per heavy atom. The van der Waals surface area contributed by atoms with Gasteiger partial charge in [-0.1, -0.05) is 12.1 Å². The number of rotatable bonds is 3. The van der Waals surface area contributed by atoms with Crippen LogP contribution < -0.4 is 0 Å². The van der Waals surface area contributed by atoms with Gasteiger partial charge in [0.25, 0.3) is 5.69 Å². The van der Waals surface area contributed by atoms with Crippen LogP contribution in [0.2, 0.25) is 0 Å². The van der Waals surface area contributed by atoms with E-state index in [0.717, 1.165) is 19.3 Å². The summed E-state index contributed by atoms with van der Waals surface area (Å²) in [5.74, 6) is -0.518. The minimum atomic E-state index is -0.530. The number of nitro groups is 1. The van der Waals surface area contributed by atoms with Crippen molar-refractivity contribution in [3.63, 3.8) is 0 Å². The summed E-state index contributed by atoms with van der Waals surface area (Å²) >= 11 is 0. The van der Waals surface area contributed by atoms with Gasteiger partial charge in [0.2, 0.25) is 0 Å². The van der Waals surface area contributed by atoms with Gasteiger partial charge < -0.3 is 4.74 Å². The summed E-state index contributed by atoms with van der Waals surface area (Å²) in [5.41, 5.74) is 0.104. The van der Waals surface area contributed by atoms with Crippen molar-refractivity contribution in [2.45, 2.75) is 25.4 Å². The first-order valence-electron chi connectivity index (χ1n) is 5.79. The molecule has 2 rings (SSSR count). The number of ether oxygens (including phenoxy) is 1. The SMILES string of the molecule is O=C(O[C@@H]1C=CCCC1)c1cccc([N+](=O)[O-])c1. The summed E-state index contributed by atoms with van der Waals surface area (Å²) in [5, 5.41) is 10.6. The van der Waals surface area contributed by atoms with Crippen molar-refractivity contribution in [2.24, 2.45) is 0 Å². The molecule has 0 aromatic heterocycles. The lowest BCUT2D eigenvalue weighted by Gasteiger charge is -2.16. The van der Waals surface area contributed by atoms with E-state index in [-0.39, 0.29) is 17.4 Å². The molecule has 0 bridgehead atoms. The molecule has 0 spiro atoms. The van der Waals surface area contributed by atoms with Crippen molar-refractivity contribution in [2.75, 3.05) is 0 Å². The van der Waals surface area contributed by atoms with Crippen molar-refractivity contribution in [3.05, 3.63) is 52.1 Å². The molecule has 5 heteroatoms. The number of carbonyl (C=O) groups is 1. The predicted octanol–water partition coefficient (Wildman–Crippen LogP) is 2.86. The second-order valence-electron chi connectivity index (χ2n) is 4.11. The molecule has 1 aromatic rings. The Hall–Kier alpha value is -2.17. The molecule has 0 unspecified atom stereocenters. The molecule has 1 aliphatic rings. The molecule has 1 aliphatic carbocycles. The van der Waals surface area contributed by atoms with Crippen molar-refractivity contribution < 1.29 is 14.5 Å². The molecule has 1 atom stereocenters. The highest BCUT2D eigenvalue weighted by atomic mass is 16.6. The van der Waals surface area contributed by atoms with Crippen LogP contribution in [-0.2, 0) is 4.74 Å². The summed E-state index contributed by atoms with van der Waals surface area (Å²) < 4.78 is 5.26. The molecular weight excluding hydrogens is 234 g/mol. The van der Waals surface area contributed by atoms with Crippen LogP contribution in [0.1, 0.15) is 29.6 Å². The van der Waals surface area contributed by atoms with Crippen LogP contribution in [-0.4, -0.2) is 17.0 Å². The van der Waals surface area contributed by atoms with E-state index in [2.05, 4.69) is 0 Å². The molecule has 94 valence electrons. The quantitative estimate of drug-likeness (QED) is 0.356. The average molecular weight is 247 g/mol. The zero-order valence-electron chi connectivity index (χ0n) is 9.74. The fourth-order valence-corrected chi connectivity index (χ4v) is 1.83. The van der Waals surface area contributed by atoms with E-state index in [9.17, 15) is 14.9 Å². The van der Waals surface area contributed by atoms with Crippen molar-refractivity contribution in [1.29, 1.82) is 0 Å². The van der Waals surface area contributed by atoms with Gasteiger partial charge in [-0.3, -0.25) is 10.1 Å². The molecule has 0 amide bonds. The van der Waals surface area contributed by atoms with Crippen LogP contribution in [0.15, 0.2) is 36.4 Å². The summed E-state index contributed by atoms with van der Waals surface area (Å²) in [7, 11) is 0. The Bertz CT molecular complexity index is 496. The van der Waals surface area contributed by atoms with E-state index in [1.54, 1.807) is 0 Å². The molecule has 0 N–H and O–H groups in total. The Morgan fingerprint density at radius 1 is 1.44 bits per heavy atom. The largest absolute Gasteiger partial charge is 0.455 e. The second-order valence-corrected chi connectivity index (χ2v) is 4.11. The van der Waals surface area contributed by atoms with Gasteiger partial charge in [0.1, 0.15) is 6.10 Å². The van der Waals surface area contributed by atoms with Crippen molar-refractivity contribution >= 4 is 11.7 Å². The zero-order valence-corrected chi connectivity index (χ0v) is 9.74. The van der Waals surface area contributed by atoms with Gasteiger partial charge in [-0.25, -0.2) is 4.79 Å². The first-order valence-corrected chi connectivity index (χ1v) is 5.79. The van der Waals surface area contributed by atoms with Crippen LogP contribution in [0.3, 0.4) is 0 Å². The number of esters is 1. The standard InChI is InChI=1S/C13H13NO4/c15-13(18-12-7-2-1-3-8-12)10-5-4-6-11(9-10)14(16)17/h2,4-7,9,12H,1,3,8H2/t12-/m1/s1. The molecular formula is C13H13NO4. The van der Waals surface area contributed by atoms with Crippen LogP contribution in [0.4, 0.5) is 5.69 Å². The van der Waals surface area contributed by atoms with E-state index < -0.39 is 10.9 Å². The minimum absolute atomic E-state index is 0.108. The van der Waals surface area contributed by atoms with Gasteiger partial charge in [0.05, 0.1) is 10.5 Å². The Balaban J connectivity index is 2.08. The zero-order chi connectivity index (χ0) is 13.0. The van der Waals surface area contributed by atoms with E-state index >= 15 is 0 Å². The molecule has 0 heterocycles. The third kappa shape index (κ3) is 2.94. The predicted molar refractivity (Wildman–Crippen MR) is 65.3 cm³/mol. The second kappa shape index (κ2) is 5.44. The maximum atomic E-state index is 11.8. The van der Waals surface area contributed by atoms with Crippen molar-refractivity contribution in [1.82, 2.24) is 0 Å². The van der Waals surface area contributed by atoms with E-state index in [4.69, 9.17) is 4.74 Å². The monoisotopic (exact) mass is 247 g/mol. The summed E-state index contributed by atoms with van der Waals surface area (Å²) in [6, 6.07) is 5.57. The third-order valence-electron chi connectivity index (χ3n) is 2.76. The number of carbonyl (C=O) groups excluding carboxylic acids is 1. The lowest BCUT2D eigenvalue weighted by Crippen LogP contribution is -2.17. The minimum Gasteiger partial charge on any atom is -0.455 e. The normalized spacial score (nSPS) is 18.3. The lowest BCUT2D eigenvalue weighted by molar-refractivity contribution is -0.384. The van der Waals surface area contributed by atoms with Gasteiger partial charge >= 0.3 is 5.97 Å². The topological polar surface area (TPSA) is 69.4 Å². The number of hydrogen-bond donors (Lipinski definition) is 0. The van der Waals surface area contributed by atoms with Crippen molar-refractivity contribution in [3.8, 4) is 0 Å². The summed E-state index contributed by atoms with van der Waals surface area (Å²) in [4.78, 5) is 21.9. The van der Waals surface area contributed by atoms with Crippen LogP contribution >= 0.6 is 0 Å². The van der Waals surface area contributed by atoms with Crippen LogP contribution in [0, 0.1) is 10.1 Å². The van der Waals surface area contributed by atoms with Gasteiger partial charge in [-0.05, 0) is 31.4 Å². The first-order chi connectivity index (χ1) is 8.66. The highest BCUT2D eigenvalue weighted by Gasteiger charge is 2.17. The van der Waals surface area contributed by atoms with E-state index in [1.807, 2.05) is 12.2 Å². The number of non-ortho nitro benzene ring substituents is 1. The van der Waals surface area contributed by atoms with Gasteiger partial charge in [-0.2, -0.15) is 0 Å². The molecule has 0 aliphatic heterocycles. The fourth-order valence-electron chi connectivity index (χ4n) is 1.83. The van der Waals surface area contributed by atoms with Gasteiger partial charge in [0, 0.05) is 12.1 Å². The molecule has 0 saturated heterocycles. The molecule has 18 heavy (non-hydrogen) atoms. The number of hydrogen-bond acceptors (Lipinski definition) is 4. The summed E-state index contributed by atoms with van der Waals surface area (Å²) in [6.45, 7) is 0. The number of benzene rings is 1. The maximum Gasteiger partial charge on any atom is 0.338 e. The maximum absolute atomic E-state index is 11.8. The molecule has 0 fully saturated rings. The molecule has 1 aromatic carbocycles. The van der Waals surface area contributed by atoms with E-state index in [0.29, 0.717) is 0 Å². The van der Waals surface area contributed by atoms with Gasteiger partial charge in [0.15, 0.2) is 0 Å². The van der Waals surface area contributed by atoms with Gasteiger partial charge in [-0.15, -0.1) is 0 Å². The smallest absolute Gasteiger partial charge is 0.338 e. The summed E-state index contributed by atoms with van der Waals surface area (Å²) in [6.07, 6.45) is 6.42. The fraction of sp³-hybridized carbons (Fsp3) is 0.308. The van der Waals surface area contributed by atoms with Crippen LogP contribution in [0.25, 0.3) is 0 Å². The lowest BCUT2D eigenvalue weighted by atomic mass is 10.1. The third-order valence-corrected chi connectivity index (χ3v) is 2.76. The van der Waals surface area contributed by atoms with Crippen LogP contribution in [0.5, 0.6) is 0 Å². The number of allylic oxidation sites excluding steroid dienone is 1. The molecule has 5 nitrogen and oxygen atoms in total. The highest BCUT2D eigenvalue weighted by molar-refractivity contribution is 5.90.